The predicted molar refractivity (Wildman–Crippen MR) is 42.6 cm³/mol. The average Bonchev–Trinajstić information content (AvgIpc) is 1.87. The first-order valence-corrected chi connectivity index (χ1v) is 2.71. The fourth-order valence-electron chi connectivity index (χ4n) is 0.357. The second-order valence-corrected chi connectivity index (χ2v) is 1.56. The maximum Gasteiger partial charge on any atom is 0.0619 e. The highest BCUT2D eigenvalue weighted by Crippen LogP contribution is 2.05. The smallest absolute Gasteiger partial charge is 0.0619 e. The first kappa shape index (κ1) is 7.89. The Bertz CT molecular complexity index is 163. The number of hydrogen-bond acceptors (Lipinski definition) is 1. The molecule has 0 radical (unpaired) electrons. The molecule has 1 nitrogen and oxygen atoms in total. The van der Waals surface area contributed by atoms with Crippen molar-refractivity contribution in [2.24, 2.45) is 4.99 Å². The van der Waals surface area contributed by atoms with E-state index in [-0.39, 0.29) is 0 Å². The van der Waals surface area contributed by atoms with Gasteiger partial charge in [-0.3, -0.25) is 4.99 Å². The molecule has 0 aromatic heterocycles. The van der Waals surface area contributed by atoms with Gasteiger partial charge in [-0.1, -0.05) is 25.8 Å². The maximum atomic E-state index is 3.91. The summed E-state index contributed by atoms with van der Waals surface area (Å²) in [6.07, 6.45) is 3.31. The molecule has 0 aromatic rings. The molecule has 0 aliphatic carbocycles. The van der Waals surface area contributed by atoms with Crippen molar-refractivity contribution in [1.82, 2.24) is 0 Å². The van der Waals surface area contributed by atoms with Crippen LogP contribution in [0.25, 0.3) is 0 Å². The number of aliphatic imine (C=N–C) groups is 1. The molecule has 0 fully saturated rings. The third kappa shape index (κ3) is 2.65. The molecule has 0 saturated heterocycles. The molecule has 0 aliphatic rings. The van der Waals surface area contributed by atoms with Crippen LogP contribution in [0.1, 0.15) is 6.92 Å². The van der Waals surface area contributed by atoms with Crippen LogP contribution >= 0.6 is 0 Å². The summed E-state index contributed by atoms with van der Waals surface area (Å²) >= 11 is 0. The van der Waals surface area contributed by atoms with Crippen LogP contribution in [0.5, 0.6) is 0 Å². The van der Waals surface area contributed by atoms with E-state index in [0.717, 1.165) is 5.57 Å². The minimum absolute atomic E-state index is 0.674. The average molecular weight is 121 g/mol. The Kier molecular flexibility index (Phi) is 3.37. The summed E-state index contributed by atoms with van der Waals surface area (Å²) in [5.74, 6) is 0. The highest BCUT2D eigenvalue weighted by Gasteiger charge is 1.87. The molecular weight excluding hydrogens is 110 g/mol. The number of rotatable bonds is 3. The lowest BCUT2D eigenvalue weighted by Gasteiger charge is -1.93. The molecule has 48 valence electrons. The number of hydrogen-bond donors (Lipinski definition) is 0. The van der Waals surface area contributed by atoms with Gasteiger partial charge in [-0.15, -0.1) is 0 Å². The fourth-order valence-corrected chi connectivity index (χ4v) is 0.357. The van der Waals surface area contributed by atoms with Gasteiger partial charge in [-0.25, -0.2) is 0 Å². The third-order valence-corrected chi connectivity index (χ3v) is 0.902. The zero-order valence-electron chi connectivity index (χ0n) is 5.72. The summed E-state index contributed by atoms with van der Waals surface area (Å²) in [6, 6.07) is 0. The molecule has 0 aliphatic heterocycles. The van der Waals surface area contributed by atoms with Gasteiger partial charge in [-0.2, -0.15) is 0 Å². The summed E-state index contributed by atoms with van der Waals surface area (Å²) in [7, 11) is 0. The Morgan fingerprint density at radius 2 is 2.00 bits per heavy atom. The highest BCUT2D eigenvalue weighted by atomic mass is 14.7. The van der Waals surface area contributed by atoms with E-state index in [4.69, 9.17) is 0 Å². The van der Waals surface area contributed by atoms with Gasteiger partial charge >= 0.3 is 0 Å². The van der Waals surface area contributed by atoms with E-state index in [1.54, 1.807) is 12.3 Å². The van der Waals surface area contributed by atoms with Gasteiger partial charge in [0, 0.05) is 6.21 Å². The van der Waals surface area contributed by atoms with Crippen LogP contribution in [0.15, 0.2) is 42.1 Å². The fraction of sp³-hybridized carbons (Fsp3) is 0.125. The quantitative estimate of drug-likeness (QED) is 0.401. The first-order chi connectivity index (χ1) is 4.22. The summed E-state index contributed by atoms with van der Waals surface area (Å²) in [5.41, 5.74) is 1.45. The topological polar surface area (TPSA) is 12.4 Å². The second-order valence-electron chi connectivity index (χ2n) is 1.56. The monoisotopic (exact) mass is 121 g/mol. The largest absolute Gasteiger partial charge is 0.262 e. The molecule has 0 bridgehead atoms. The van der Waals surface area contributed by atoms with Crippen molar-refractivity contribution in [2.75, 3.05) is 0 Å². The van der Waals surface area contributed by atoms with E-state index in [9.17, 15) is 0 Å². The van der Waals surface area contributed by atoms with Crippen molar-refractivity contribution in [1.29, 1.82) is 0 Å². The molecule has 0 unspecified atom stereocenters. The zero-order valence-corrected chi connectivity index (χ0v) is 5.72. The molecular formula is C8H11N. The maximum absolute atomic E-state index is 3.91. The molecule has 0 aromatic carbocycles. The van der Waals surface area contributed by atoms with Gasteiger partial charge in [0.05, 0.1) is 5.70 Å². The second kappa shape index (κ2) is 3.84. The van der Waals surface area contributed by atoms with E-state index < -0.39 is 0 Å². The third-order valence-electron chi connectivity index (χ3n) is 0.902. The van der Waals surface area contributed by atoms with Crippen molar-refractivity contribution in [2.45, 2.75) is 6.92 Å². The standard InChI is InChI=1S/C8H11N/c1-5-7(3)8(4)9-6-2/h5-6H,1,3-4H2,2H3. The molecule has 0 N–H and O–H groups in total. The zero-order chi connectivity index (χ0) is 7.28. The van der Waals surface area contributed by atoms with Gasteiger partial charge in [0.1, 0.15) is 0 Å². The van der Waals surface area contributed by atoms with Crippen molar-refractivity contribution >= 4 is 6.21 Å². The lowest BCUT2D eigenvalue weighted by molar-refractivity contribution is 1.39. The summed E-state index contributed by atoms with van der Waals surface area (Å²) in [4.78, 5) is 3.91. The predicted octanol–water partition coefficient (Wildman–Crippen LogP) is 2.33. The van der Waals surface area contributed by atoms with E-state index in [0.29, 0.717) is 5.70 Å². The Labute approximate surface area is 56.1 Å². The highest BCUT2D eigenvalue weighted by molar-refractivity contribution is 5.57. The molecule has 0 heterocycles. The van der Waals surface area contributed by atoms with Crippen molar-refractivity contribution in [3.05, 3.63) is 37.1 Å². The Balaban J connectivity index is 4.04. The molecule has 1 heteroatoms. The van der Waals surface area contributed by atoms with Crippen molar-refractivity contribution < 1.29 is 0 Å². The van der Waals surface area contributed by atoms with Crippen LogP contribution in [0, 0.1) is 0 Å². The normalized spacial score (nSPS) is 9.44. The molecule has 0 spiro atoms. The summed E-state index contributed by atoms with van der Waals surface area (Å²) < 4.78 is 0. The summed E-state index contributed by atoms with van der Waals surface area (Å²) in [5, 5.41) is 0. The minimum Gasteiger partial charge on any atom is -0.262 e. The van der Waals surface area contributed by atoms with Crippen LogP contribution in [-0.2, 0) is 0 Å². The SMILES string of the molecule is C=CC(=C)C(=C)N=CC. The van der Waals surface area contributed by atoms with E-state index in [1.807, 2.05) is 6.92 Å². The molecule has 0 saturated carbocycles. The lowest BCUT2D eigenvalue weighted by atomic mass is 10.2. The van der Waals surface area contributed by atoms with Gasteiger partial charge in [0.25, 0.3) is 0 Å². The van der Waals surface area contributed by atoms with Gasteiger partial charge in [-0.05, 0) is 12.5 Å². The van der Waals surface area contributed by atoms with Crippen LogP contribution in [0.2, 0.25) is 0 Å². The van der Waals surface area contributed by atoms with Gasteiger partial charge in [0.15, 0.2) is 0 Å². The Hall–Kier alpha value is -1.11. The molecule has 0 amide bonds. The van der Waals surface area contributed by atoms with E-state index in [2.05, 4.69) is 24.7 Å². The van der Waals surface area contributed by atoms with E-state index in [1.165, 1.54) is 0 Å². The Morgan fingerprint density at radius 1 is 1.44 bits per heavy atom. The molecule has 0 rings (SSSR count). The van der Waals surface area contributed by atoms with Gasteiger partial charge in [0.2, 0.25) is 0 Å². The Morgan fingerprint density at radius 3 is 2.33 bits per heavy atom. The van der Waals surface area contributed by atoms with E-state index >= 15 is 0 Å². The summed E-state index contributed by atoms with van der Waals surface area (Å²) in [6.45, 7) is 12.7. The number of nitrogens with zero attached hydrogens (tertiary/aromatic N) is 1. The molecule has 0 atom stereocenters. The van der Waals surface area contributed by atoms with Crippen LogP contribution in [0.4, 0.5) is 0 Å². The molecule has 9 heavy (non-hydrogen) atoms. The van der Waals surface area contributed by atoms with Crippen LogP contribution in [0.3, 0.4) is 0 Å². The minimum atomic E-state index is 0.674. The first-order valence-electron chi connectivity index (χ1n) is 2.71. The van der Waals surface area contributed by atoms with Crippen molar-refractivity contribution in [3.8, 4) is 0 Å². The number of allylic oxidation sites excluding steroid dienone is 1. The van der Waals surface area contributed by atoms with Crippen molar-refractivity contribution in [3.63, 3.8) is 0 Å². The lowest BCUT2D eigenvalue weighted by Crippen LogP contribution is -1.76. The van der Waals surface area contributed by atoms with Crippen LogP contribution < -0.4 is 0 Å². The van der Waals surface area contributed by atoms with Gasteiger partial charge < -0.3 is 0 Å². The van der Waals surface area contributed by atoms with Crippen LogP contribution in [-0.4, -0.2) is 6.21 Å².